The fourth-order valence-electron chi connectivity index (χ4n) is 2.23. The average Bonchev–Trinajstić information content (AvgIpc) is 2.28. The SMILES string of the molecule is CS(=O)C1(CN=C(N)N2CCOCC2)CCC1. The van der Waals surface area contributed by atoms with Gasteiger partial charge in [0.05, 0.1) is 24.5 Å². The number of hydrogen-bond acceptors (Lipinski definition) is 3. The zero-order valence-electron chi connectivity index (χ0n) is 10.4. The lowest BCUT2D eigenvalue weighted by Gasteiger charge is -2.38. The van der Waals surface area contributed by atoms with E-state index in [0.717, 1.165) is 32.4 Å². The standard InChI is InChI=1S/C11H21N3O2S/c1-17(15)11(3-2-4-11)9-13-10(12)14-5-7-16-8-6-14/h2-9H2,1H3,(H2,12,13). The number of hydrogen-bond donors (Lipinski definition) is 1. The highest BCUT2D eigenvalue weighted by atomic mass is 32.2. The first-order valence-electron chi connectivity index (χ1n) is 6.10. The number of rotatable bonds is 3. The van der Waals surface area contributed by atoms with Crippen LogP contribution in [0.3, 0.4) is 0 Å². The Morgan fingerprint density at radius 1 is 1.47 bits per heavy atom. The quantitative estimate of drug-likeness (QED) is 0.569. The van der Waals surface area contributed by atoms with Crippen molar-refractivity contribution in [3.05, 3.63) is 0 Å². The van der Waals surface area contributed by atoms with Gasteiger partial charge in [0, 0.05) is 30.1 Å². The zero-order valence-corrected chi connectivity index (χ0v) is 11.2. The molecule has 1 saturated carbocycles. The first kappa shape index (κ1) is 12.8. The van der Waals surface area contributed by atoms with Crippen molar-refractivity contribution >= 4 is 16.8 Å². The maximum Gasteiger partial charge on any atom is 0.191 e. The van der Waals surface area contributed by atoms with Crippen molar-refractivity contribution in [2.45, 2.75) is 24.0 Å². The molecule has 17 heavy (non-hydrogen) atoms. The van der Waals surface area contributed by atoms with Crippen molar-refractivity contribution in [1.82, 2.24) is 4.90 Å². The van der Waals surface area contributed by atoms with Gasteiger partial charge < -0.3 is 15.4 Å². The monoisotopic (exact) mass is 259 g/mol. The van der Waals surface area contributed by atoms with Crippen molar-refractivity contribution in [3.8, 4) is 0 Å². The van der Waals surface area contributed by atoms with Crippen LogP contribution in [0.2, 0.25) is 0 Å². The summed E-state index contributed by atoms with van der Waals surface area (Å²) >= 11 is 0. The number of nitrogens with two attached hydrogens (primary N) is 1. The highest BCUT2D eigenvalue weighted by Crippen LogP contribution is 2.37. The Hall–Kier alpha value is -0.620. The minimum atomic E-state index is -0.809. The van der Waals surface area contributed by atoms with Gasteiger partial charge in [-0.2, -0.15) is 0 Å². The molecule has 2 aliphatic rings. The Kier molecular flexibility index (Phi) is 4.04. The maximum absolute atomic E-state index is 11.7. The number of nitrogens with zero attached hydrogens (tertiary/aromatic N) is 2. The predicted octanol–water partition coefficient (Wildman–Crippen LogP) is -0.0655. The number of ether oxygens (including phenoxy) is 1. The van der Waals surface area contributed by atoms with Gasteiger partial charge in [-0.05, 0) is 12.8 Å². The van der Waals surface area contributed by atoms with Gasteiger partial charge in [-0.3, -0.25) is 9.20 Å². The Balaban J connectivity index is 1.92. The topological polar surface area (TPSA) is 67.9 Å². The van der Waals surface area contributed by atoms with E-state index in [4.69, 9.17) is 10.5 Å². The predicted molar refractivity (Wildman–Crippen MR) is 69.5 cm³/mol. The van der Waals surface area contributed by atoms with Gasteiger partial charge in [0.2, 0.25) is 0 Å². The van der Waals surface area contributed by atoms with Crippen LogP contribution in [0.1, 0.15) is 19.3 Å². The van der Waals surface area contributed by atoms with E-state index in [2.05, 4.69) is 4.99 Å². The van der Waals surface area contributed by atoms with E-state index >= 15 is 0 Å². The lowest BCUT2D eigenvalue weighted by atomic mass is 9.84. The molecule has 0 bridgehead atoms. The molecule has 1 unspecified atom stereocenters. The lowest BCUT2D eigenvalue weighted by molar-refractivity contribution is 0.0673. The average molecular weight is 259 g/mol. The number of morpholine rings is 1. The molecule has 1 saturated heterocycles. The molecule has 0 aromatic rings. The van der Waals surface area contributed by atoms with Crippen LogP contribution < -0.4 is 5.73 Å². The second-order valence-electron chi connectivity index (χ2n) is 4.76. The number of guanidine groups is 1. The fourth-order valence-corrected chi connectivity index (χ4v) is 3.34. The third-order valence-corrected chi connectivity index (χ3v) is 5.50. The second kappa shape index (κ2) is 5.35. The van der Waals surface area contributed by atoms with Crippen molar-refractivity contribution in [2.75, 3.05) is 39.1 Å². The van der Waals surface area contributed by atoms with E-state index in [1.807, 2.05) is 4.90 Å². The Morgan fingerprint density at radius 2 is 2.12 bits per heavy atom. The molecule has 1 aliphatic carbocycles. The van der Waals surface area contributed by atoms with Gasteiger partial charge in [0.15, 0.2) is 5.96 Å². The van der Waals surface area contributed by atoms with Gasteiger partial charge in [0.25, 0.3) is 0 Å². The van der Waals surface area contributed by atoms with E-state index in [-0.39, 0.29) is 4.75 Å². The van der Waals surface area contributed by atoms with Gasteiger partial charge >= 0.3 is 0 Å². The highest BCUT2D eigenvalue weighted by molar-refractivity contribution is 7.85. The van der Waals surface area contributed by atoms with E-state index in [1.54, 1.807) is 6.26 Å². The largest absolute Gasteiger partial charge is 0.378 e. The molecular formula is C11H21N3O2S. The lowest BCUT2D eigenvalue weighted by Crippen LogP contribution is -2.48. The molecule has 1 aliphatic heterocycles. The molecular weight excluding hydrogens is 238 g/mol. The second-order valence-corrected chi connectivity index (χ2v) is 6.54. The molecule has 1 atom stereocenters. The third kappa shape index (κ3) is 2.80. The summed E-state index contributed by atoms with van der Waals surface area (Å²) in [6.07, 6.45) is 4.96. The normalized spacial score (nSPS) is 26.4. The molecule has 2 rings (SSSR count). The first-order chi connectivity index (χ1) is 8.14. The molecule has 5 nitrogen and oxygen atoms in total. The first-order valence-corrected chi connectivity index (χ1v) is 7.66. The van der Waals surface area contributed by atoms with Crippen LogP contribution in [0, 0.1) is 0 Å². The van der Waals surface area contributed by atoms with Crippen LogP contribution in [0.25, 0.3) is 0 Å². The van der Waals surface area contributed by atoms with E-state index < -0.39 is 10.8 Å². The molecule has 98 valence electrons. The maximum atomic E-state index is 11.7. The van der Waals surface area contributed by atoms with Crippen LogP contribution in [0.4, 0.5) is 0 Å². The summed E-state index contributed by atoms with van der Waals surface area (Å²) in [4.78, 5) is 6.47. The molecule has 2 fully saturated rings. The molecule has 6 heteroatoms. The molecule has 0 aromatic heterocycles. The Bertz CT molecular complexity index is 323. The Morgan fingerprint density at radius 3 is 2.59 bits per heavy atom. The van der Waals surface area contributed by atoms with Gasteiger partial charge in [-0.15, -0.1) is 0 Å². The van der Waals surface area contributed by atoms with E-state index in [0.29, 0.717) is 25.7 Å². The fraction of sp³-hybridized carbons (Fsp3) is 0.909. The van der Waals surface area contributed by atoms with Crippen LogP contribution >= 0.6 is 0 Å². The summed E-state index contributed by atoms with van der Waals surface area (Å²) in [5, 5.41) is 0. The summed E-state index contributed by atoms with van der Waals surface area (Å²) in [6, 6.07) is 0. The smallest absolute Gasteiger partial charge is 0.191 e. The summed E-state index contributed by atoms with van der Waals surface area (Å²) in [5.74, 6) is 0.574. The van der Waals surface area contributed by atoms with Crippen molar-refractivity contribution in [1.29, 1.82) is 0 Å². The summed E-state index contributed by atoms with van der Waals surface area (Å²) in [7, 11) is -0.809. The van der Waals surface area contributed by atoms with Crippen LogP contribution in [0.15, 0.2) is 4.99 Å². The van der Waals surface area contributed by atoms with Crippen molar-refractivity contribution in [3.63, 3.8) is 0 Å². The molecule has 0 radical (unpaired) electrons. The summed E-state index contributed by atoms with van der Waals surface area (Å²) in [6.45, 7) is 3.62. The van der Waals surface area contributed by atoms with Gasteiger partial charge in [-0.1, -0.05) is 6.42 Å². The minimum absolute atomic E-state index is 0.100. The summed E-state index contributed by atoms with van der Waals surface area (Å²) in [5.41, 5.74) is 5.96. The van der Waals surface area contributed by atoms with Crippen LogP contribution in [-0.4, -0.2) is 58.9 Å². The number of aliphatic imine (C=N–C) groups is 1. The summed E-state index contributed by atoms with van der Waals surface area (Å²) < 4.78 is 16.9. The highest BCUT2D eigenvalue weighted by Gasteiger charge is 2.40. The molecule has 0 amide bonds. The zero-order chi connectivity index (χ0) is 12.3. The molecule has 0 spiro atoms. The Labute approximate surface area is 105 Å². The molecule has 1 heterocycles. The van der Waals surface area contributed by atoms with Gasteiger partial charge in [-0.25, -0.2) is 0 Å². The molecule has 2 N–H and O–H groups in total. The van der Waals surface area contributed by atoms with E-state index in [9.17, 15) is 4.21 Å². The van der Waals surface area contributed by atoms with Crippen LogP contribution in [0.5, 0.6) is 0 Å². The van der Waals surface area contributed by atoms with Gasteiger partial charge in [0.1, 0.15) is 0 Å². The van der Waals surface area contributed by atoms with Crippen molar-refractivity contribution in [2.24, 2.45) is 10.7 Å². The molecule has 0 aromatic carbocycles. The van der Waals surface area contributed by atoms with E-state index in [1.165, 1.54) is 0 Å². The van der Waals surface area contributed by atoms with Crippen LogP contribution in [-0.2, 0) is 15.5 Å². The minimum Gasteiger partial charge on any atom is -0.378 e. The van der Waals surface area contributed by atoms with Crippen molar-refractivity contribution < 1.29 is 8.95 Å². The third-order valence-electron chi connectivity index (χ3n) is 3.74.